The molecule has 1 aliphatic heterocycles. The zero-order chi connectivity index (χ0) is 11.0. The molecule has 14 heavy (non-hydrogen) atoms. The van der Waals surface area contributed by atoms with Gasteiger partial charge in [-0.05, 0) is 6.92 Å². The summed E-state index contributed by atoms with van der Waals surface area (Å²) in [7, 11) is 0. The van der Waals surface area contributed by atoms with Crippen LogP contribution in [0.15, 0.2) is 0 Å². The van der Waals surface area contributed by atoms with Gasteiger partial charge in [0.1, 0.15) is 6.17 Å². The molecule has 84 valence electrons. The maximum absolute atomic E-state index is 12.8. The maximum atomic E-state index is 12.8. The maximum Gasteiger partial charge on any atom is 0.419 e. The zero-order valence-corrected chi connectivity index (χ0v) is 7.64. The van der Waals surface area contributed by atoms with Crippen LogP contribution in [-0.2, 0) is 4.74 Å². The molecule has 0 radical (unpaired) electrons. The molecule has 0 aromatic carbocycles. The lowest BCUT2D eigenvalue weighted by Gasteiger charge is -2.37. The highest BCUT2D eigenvalue weighted by Gasteiger charge is 2.56. The van der Waals surface area contributed by atoms with Crippen LogP contribution in [0.25, 0.3) is 0 Å². The molecule has 6 heteroatoms. The summed E-state index contributed by atoms with van der Waals surface area (Å²) in [5.41, 5.74) is -2.97. The van der Waals surface area contributed by atoms with E-state index in [0.29, 0.717) is 6.92 Å². The molecular formula is C8H12F4O2. The molecule has 0 aromatic heterocycles. The second-order valence-electron chi connectivity index (χ2n) is 3.63. The monoisotopic (exact) mass is 216 g/mol. The Morgan fingerprint density at radius 1 is 1.36 bits per heavy atom. The van der Waals surface area contributed by atoms with Crippen LogP contribution in [0.2, 0.25) is 0 Å². The van der Waals surface area contributed by atoms with Crippen LogP contribution in [-0.4, -0.2) is 35.8 Å². The van der Waals surface area contributed by atoms with Gasteiger partial charge in [0.25, 0.3) is 0 Å². The van der Waals surface area contributed by atoms with Crippen molar-refractivity contribution in [2.75, 3.05) is 6.61 Å². The summed E-state index contributed by atoms with van der Waals surface area (Å²) in [4.78, 5) is 0. The van der Waals surface area contributed by atoms with Gasteiger partial charge in [-0.1, -0.05) is 0 Å². The summed E-state index contributed by atoms with van der Waals surface area (Å²) >= 11 is 0. The van der Waals surface area contributed by atoms with Gasteiger partial charge in [-0.2, -0.15) is 13.2 Å². The number of hydrogen-bond donors (Lipinski definition) is 1. The van der Waals surface area contributed by atoms with Crippen molar-refractivity contribution in [3.63, 3.8) is 0 Å². The van der Waals surface area contributed by atoms with E-state index in [1.54, 1.807) is 0 Å². The number of aliphatic hydroxyl groups is 1. The Labute approximate surface area is 78.9 Å². The molecule has 0 spiro atoms. The topological polar surface area (TPSA) is 29.5 Å². The average molecular weight is 216 g/mol. The second-order valence-corrected chi connectivity index (χ2v) is 3.63. The standard InChI is InChI=1S/C8H12F4O2/c1-7(13,8(10,11)12)6-4-5(9)2-3-14-6/h5-6,13H,2-4H2,1H3. The Hall–Kier alpha value is -0.360. The molecule has 0 aliphatic carbocycles. The van der Waals surface area contributed by atoms with Crippen molar-refractivity contribution in [2.24, 2.45) is 0 Å². The molecule has 0 aromatic rings. The van der Waals surface area contributed by atoms with Gasteiger partial charge in [0.2, 0.25) is 0 Å². The van der Waals surface area contributed by atoms with Crippen molar-refractivity contribution in [3.8, 4) is 0 Å². The Morgan fingerprint density at radius 2 is 1.93 bits per heavy atom. The van der Waals surface area contributed by atoms with Crippen LogP contribution < -0.4 is 0 Å². The Balaban J connectivity index is 2.71. The van der Waals surface area contributed by atoms with Gasteiger partial charge in [0, 0.05) is 19.4 Å². The lowest BCUT2D eigenvalue weighted by Crippen LogP contribution is -2.55. The molecule has 1 aliphatic rings. The third kappa shape index (κ3) is 2.17. The van der Waals surface area contributed by atoms with Gasteiger partial charge < -0.3 is 9.84 Å². The third-order valence-corrected chi connectivity index (χ3v) is 2.42. The lowest BCUT2D eigenvalue weighted by molar-refractivity contribution is -0.295. The molecule has 1 rings (SSSR count). The molecule has 0 amide bonds. The first-order chi connectivity index (χ1) is 6.25. The van der Waals surface area contributed by atoms with Gasteiger partial charge in [-0.3, -0.25) is 0 Å². The molecule has 1 saturated heterocycles. The average Bonchev–Trinajstić information content (AvgIpc) is 2.02. The van der Waals surface area contributed by atoms with Gasteiger partial charge >= 0.3 is 6.18 Å². The van der Waals surface area contributed by atoms with Gasteiger partial charge in [0.15, 0.2) is 5.60 Å². The fourth-order valence-corrected chi connectivity index (χ4v) is 1.33. The van der Waals surface area contributed by atoms with E-state index in [-0.39, 0.29) is 13.0 Å². The predicted molar refractivity (Wildman–Crippen MR) is 40.5 cm³/mol. The van der Waals surface area contributed by atoms with Crippen LogP contribution >= 0.6 is 0 Å². The first kappa shape index (κ1) is 11.7. The molecule has 1 N–H and O–H groups in total. The first-order valence-corrected chi connectivity index (χ1v) is 4.30. The molecule has 0 bridgehead atoms. The molecule has 3 unspecified atom stereocenters. The third-order valence-electron chi connectivity index (χ3n) is 2.42. The number of rotatable bonds is 1. The highest BCUT2D eigenvalue weighted by atomic mass is 19.4. The normalized spacial score (nSPS) is 33.9. The highest BCUT2D eigenvalue weighted by Crippen LogP contribution is 2.37. The van der Waals surface area contributed by atoms with E-state index in [4.69, 9.17) is 4.74 Å². The van der Waals surface area contributed by atoms with E-state index in [1.165, 1.54) is 0 Å². The Kier molecular flexibility index (Phi) is 3.06. The highest BCUT2D eigenvalue weighted by molar-refractivity contribution is 4.93. The van der Waals surface area contributed by atoms with E-state index in [9.17, 15) is 22.7 Å². The van der Waals surface area contributed by atoms with E-state index in [2.05, 4.69) is 0 Å². The Bertz CT molecular complexity index is 202. The van der Waals surface area contributed by atoms with E-state index in [0.717, 1.165) is 0 Å². The Morgan fingerprint density at radius 3 is 2.36 bits per heavy atom. The summed E-state index contributed by atoms with van der Waals surface area (Å²) < 4.78 is 54.4. The number of alkyl halides is 4. The van der Waals surface area contributed by atoms with E-state index >= 15 is 0 Å². The van der Waals surface area contributed by atoms with Crippen molar-refractivity contribution >= 4 is 0 Å². The minimum absolute atomic E-state index is 0.0853. The van der Waals surface area contributed by atoms with Crippen molar-refractivity contribution in [3.05, 3.63) is 0 Å². The number of ether oxygens (including phenoxy) is 1. The van der Waals surface area contributed by atoms with Crippen molar-refractivity contribution < 1.29 is 27.4 Å². The van der Waals surface area contributed by atoms with Gasteiger partial charge in [-0.15, -0.1) is 0 Å². The summed E-state index contributed by atoms with van der Waals surface area (Å²) in [6, 6.07) is 0. The summed E-state index contributed by atoms with van der Waals surface area (Å²) in [5.74, 6) is 0. The molecule has 1 fully saturated rings. The molecule has 1 heterocycles. The van der Waals surface area contributed by atoms with Crippen LogP contribution in [0.4, 0.5) is 17.6 Å². The smallest absolute Gasteiger partial charge is 0.379 e. The van der Waals surface area contributed by atoms with Crippen LogP contribution in [0.5, 0.6) is 0 Å². The first-order valence-electron chi connectivity index (χ1n) is 4.30. The zero-order valence-electron chi connectivity index (χ0n) is 7.64. The van der Waals surface area contributed by atoms with E-state index < -0.39 is 30.5 Å². The van der Waals surface area contributed by atoms with Crippen LogP contribution in [0.1, 0.15) is 19.8 Å². The minimum atomic E-state index is -4.80. The fourth-order valence-electron chi connectivity index (χ4n) is 1.33. The molecule has 2 nitrogen and oxygen atoms in total. The SMILES string of the molecule is CC(O)(C1CC(F)CCO1)C(F)(F)F. The molecular weight excluding hydrogens is 204 g/mol. The minimum Gasteiger partial charge on any atom is -0.379 e. The quantitative estimate of drug-likeness (QED) is 0.677. The molecule has 3 atom stereocenters. The van der Waals surface area contributed by atoms with Gasteiger partial charge in [0.05, 0.1) is 6.10 Å². The molecule has 0 saturated carbocycles. The number of hydrogen-bond acceptors (Lipinski definition) is 2. The predicted octanol–water partition coefficient (Wildman–Crippen LogP) is 1.82. The second kappa shape index (κ2) is 3.66. The van der Waals surface area contributed by atoms with Crippen LogP contribution in [0, 0.1) is 0 Å². The lowest BCUT2D eigenvalue weighted by atomic mass is 9.91. The fraction of sp³-hybridized carbons (Fsp3) is 1.00. The van der Waals surface area contributed by atoms with Gasteiger partial charge in [-0.25, -0.2) is 4.39 Å². The summed E-state index contributed by atoms with van der Waals surface area (Å²) in [6.07, 6.45) is -7.96. The number of halogens is 4. The van der Waals surface area contributed by atoms with Crippen molar-refractivity contribution in [1.29, 1.82) is 0 Å². The summed E-state index contributed by atoms with van der Waals surface area (Å²) in [5, 5.41) is 9.18. The van der Waals surface area contributed by atoms with Crippen LogP contribution in [0.3, 0.4) is 0 Å². The van der Waals surface area contributed by atoms with Crippen molar-refractivity contribution in [2.45, 2.75) is 43.8 Å². The van der Waals surface area contributed by atoms with E-state index in [1.807, 2.05) is 0 Å². The summed E-state index contributed by atoms with van der Waals surface area (Å²) in [6.45, 7) is 0.522. The largest absolute Gasteiger partial charge is 0.419 e. The van der Waals surface area contributed by atoms with Crippen molar-refractivity contribution in [1.82, 2.24) is 0 Å².